The van der Waals surface area contributed by atoms with Gasteiger partial charge in [-0.1, -0.05) is 269 Å². The van der Waals surface area contributed by atoms with Crippen LogP contribution in [-0.4, -0.2) is 73.4 Å². The zero-order valence-electron chi connectivity index (χ0n) is 45.9. The van der Waals surface area contributed by atoms with Crippen molar-refractivity contribution in [2.75, 3.05) is 40.9 Å². The van der Waals surface area contributed by atoms with Crippen LogP contribution < -0.4 is 5.32 Å². The Morgan fingerprint density at radius 2 is 0.882 bits per heavy atom. The van der Waals surface area contributed by atoms with Crippen molar-refractivity contribution < 1.29 is 32.9 Å². The number of phosphoric acid groups is 1. The van der Waals surface area contributed by atoms with Crippen molar-refractivity contribution in [1.29, 1.82) is 0 Å². The number of rotatable bonds is 54. The van der Waals surface area contributed by atoms with Crippen molar-refractivity contribution in [2.24, 2.45) is 0 Å². The third-order valence-corrected chi connectivity index (χ3v) is 14.4. The third kappa shape index (κ3) is 52.5. The number of unbranched alkanes of at least 4 members (excludes halogenated alkanes) is 35. The minimum atomic E-state index is -4.33. The fourth-order valence-corrected chi connectivity index (χ4v) is 9.56. The second-order valence-electron chi connectivity index (χ2n) is 21.3. The molecule has 0 aliphatic rings. The fourth-order valence-electron chi connectivity index (χ4n) is 8.83. The maximum Gasteiger partial charge on any atom is 0.472 e. The number of nitrogens with one attached hydrogen (secondary N) is 1. The summed E-state index contributed by atoms with van der Waals surface area (Å²) in [6.07, 6.45) is 65.2. The Bertz CT molecular complexity index is 1200. The van der Waals surface area contributed by atoms with E-state index in [-0.39, 0.29) is 19.1 Å². The molecule has 0 saturated carbocycles. The van der Waals surface area contributed by atoms with Gasteiger partial charge in [-0.15, -0.1) is 0 Å². The Kier molecular flexibility index (Phi) is 49.7. The van der Waals surface area contributed by atoms with Gasteiger partial charge in [0, 0.05) is 6.42 Å². The normalized spacial score (nSPS) is 14.2. The Labute approximate surface area is 423 Å². The zero-order chi connectivity index (χ0) is 49.9. The van der Waals surface area contributed by atoms with Crippen molar-refractivity contribution >= 4 is 13.7 Å². The molecule has 8 nitrogen and oxygen atoms in total. The molecule has 0 rings (SSSR count). The van der Waals surface area contributed by atoms with Crippen LogP contribution >= 0.6 is 7.82 Å². The summed E-state index contributed by atoms with van der Waals surface area (Å²) in [5.41, 5.74) is 0. The SMILES string of the molecule is CC/C=C\C/C=C\C/C=C\CCCCCC(=O)NC(COP(=O)(O)OCC[N+](C)(C)C)C(O)CCCCCCCCCCCCCCCCCCCCCCCCCCCCCCCCCCC. The average Bonchev–Trinajstić information content (AvgIpc) is 3.30. The summed E-state index contributed by atoms with van der Waals surface area (Å²) in [7, 11) is 1.60. The smallest absolute Gasteiger partial charge is 0.391 e. The molecule has 0 saturated heterocycles. The number of allylic oxidation sites excluding steroid dienone is 6. The van der Waals surface area contributed by atoms with Crippen molar-refractivity contribution in [2.45, 2.75) is 296 Å². The lowest BCUT2D eigenvalue weighted by Crippen LogP contribution is -2.46. The summed E-state index contributed by atoms with van der Waals surface area (Å²) >= 11 is 0. The van der Waals surface area contributed by atoms with E-state index in [0.717, 1.165) is 64.2 Å². The average molecular weight is 981 g/mol. The van der Waals surface area contributed by atoms with E-state index in [0.29, 0.717) is 23.9 Å². The molecule has 0 aliphatic carbocycles. The molecule has 0 aromatic carbocycles. The van der Waals surface area contributed by atoms with Crippen LogP contribution in [0.2, 0.25) is 0 Å². The van der Waals surface area contributed by atoms with Gasteiger partial charge in [-0.2, -0.15) is 0 Å². The predicted molar refractivity (Wildman–Crippen MR) is 295 cm³/mol. The molecular weight excluding hydrogens is 864 g/mol. The molecule has 1 amide bonds. The number of hydrogen-bond acceptors (Lipinski definition) is 5. The van der Waals surface area contributed by atoms with E-state index in [4.69, 9.17) is 9.05 Å². The number of carbonyl (C=O) groups is 1. The van der Waals surface area contributed by atoms with Crippen LogP contribution in [-0.2, 0) is 18.4 Å². The summed E-state index contributed by atoms with van der Waals surface area (Å²) < 4.78 is 23.7. The van der Waals surface area contributed by atoms with Crippen molar-refractivity contribution in [1.82, 2.24) is 5.32 Å². The molecule has 3 unspecified atom stereocenters. The van der Waals surface area contributed by atoms with Gasteiger partial charge in [0.2, 0.25) is 5.91 Å². The highest BCUT2D eigenvalue weighted by Crippen LogP contribution is 2.43. The molecule has 402 valence electrons. The first kappa shape index (κ1) is 66.7. The number of nitrogens with zero attached hydrogens (tertiary/aromatic N) is 1. The van der Waals surface area contributed by atoms with E-state index in [1.165, 1.54) is 193 Å². The topological polar surface area (TPSA) is 105 Å². The molecule has 0 aliphatic heterocycles. The van der Waals surface area contributed by atoms with Gasteiger partial charge < -0.3 is 19.8 Å². The monoisotopic (exact) mass is 980 g/mol. The summed E-state index contributed by atoms with van der Waals surface area (Å²) in [4.78, 5) is 23.2. The molecule has 0 aromatic heterocycles. The molecule has 0 radical (unpaired) electrons. The molecule has 0 heterocycles. The highest BCUT2D eigenvalue weighted by Gasteiger charge is 2.28. The number of likely N-dealkylation sites (N-methyl/N-ethyl adjacent to an activating group) is 1. The maximum atomic E-state index is 12.9. The molecule has 0 spiro atoms. The molecule has 3 atom stereocenters. The third-order valence-electron chi connectivity index (χ3n) is 13.4. The Hall–Kier alpha value is -1.28. The highest BCUT2D eigenvalue weighted by molar-refractivity contribution is 7.47. The van der Waals surface area contributed by atoms with Crippen molar-refractivity contribution in [3.05, 3.63) is 36.5 Å². The summed E-state index contributed by atoms with van der Waals surface area (Å²) in [6, 6.07) is -0.776. The van der Waals surface area contributed by atoms with E-state index in [2.05, 4.69) is 55.6 Å². The first-order valence-corrected chi connectivity index (χ1v) is 30.8. The number of aliphatic hydroxyl groups is 1. The first-order valence-electron chi connectivity index (χ1n) is 29.4. The van der Waals surface area contributed by atoms with E-state index < -0.39 is 20.0 Å². The van der Waals surface area contributed by atoms with Crippen LogP contribution in [0.25, 0.3) is 0 Å². The Morgan fingerprint density at radius 3 is 1.28 bits per heavy atom. The minimum absolute atomic E-state index is 0.0686. The maximum absolute atomic E-state index is 12.9. The van der Waals surface area contributed by atoms with Gasteiger partial charge in [-0.25, -0.2) is 4.57 Å². The van der Waals surface area contributed by atoms with Crippen LogP contribution in [0.3, 0.4) is 0 Å². The molecular formula is C59H116N2O6P+. The number of phosphoric ester groups is 1. The van der Waals surface area contributed by atoms with E-state index >= 15 is 0 Å². The molecule has 0 aromatic rings. The number of carbonyl (C=O) groups excluding carboxylic acids is 1. The lowest BCUT2D eigenvalue weighted by molar-refractivity contribution is -0.870. The molecule has 9 heteroatoms. The fraction of sp³-hybridized carbons (Fsp3) is 0.881. The van der Waals surface area contributed by atoms with Gasteiger partial charge in [0.25, 0.3) is 0 Å². The van der Waals surface area contributed by atoms with Crippen LogP contribution in [0, 0.1) is 0 Å². The van der Waals surface area contributed by atoms with Gasteiger partial charge in [0.05, 0.1) is 39.9 Å². The van der Waals surface area contributed by atoms with Gasteiger partial charge >= 0.3 is 7.82 Å². The van der Waals surface area contributed by atoms with Crippen molar-refractivity contribution in [3.8, 4) is 0 Å². The van der Waals surface area contributed by atoms with Gasteiger partial charge in [0.1, 0.15) is 13.2 Å². The van der Waals surface area contributed by atoms with Crippen molar-refractivity contribution in [3.63, 3.8) is 0 Å². The number of amides is 1. The molecule has 68 heavy (non-hydrogen) atoms. The lowest BCUT2D eigenvalue weighted by Gasteiger charge is -2.26. The number of hydrogen-bond donors (Lipinski definition) is 3. The van der Waals surface area contributed by atoms with Gasteiger partial charge in [-0.3, -0.25) is 13.8 Å². The Balaban J connectivity index is 3.98. The summed E-state index contributed by atoms with van der Waals surface area (Å²) in [5.74, 6) is -0.171. The van der Waals surface area contributed by atoms with E-state index in [1.54, 1.807) is 0 Å². The van der Waals surface area contributed by atoms with E-state index in [9.17, 15) is 19.4 Å². The second kappa shape index (κ2) is 50.7. The van der Waals surface area contributed by atoms with Crippen LogP contribution in [0.4, 0.5) is 0 Å². The van der Waals surface area contributed by atoms with Gasteiger partial charge in [0.15, 0.2) is 0 Å². The number of quaternary nitrogens is 1. The molecule has 3 N–H and O–H groups in total. The Morgan fingerprint density at radius 1 is 0.515 bits per heavy atom. The minimum Gasteiger partial charge on any atom is -0.391 e. The quantitative estimate of drug-likeness (QED) is 0.0243. The second-order valence-corrected chi connectivity index (χ2v) is 22.8. The van der Waals surface area contributed by atoms with Gasteiger partial charge in [-0.05, 0) is 44.9 Å². The standard InChI is InChI=1S/C59H115N2O6P/c1-6-8-10-12-14-16-18-20-21-22-23-24-25-26-27-28-29-30-31-32-33-34-35-36-37-38-39-41-42-44-46-48-50-52-58(62)57(56-67-68(64,65)66-55-54-61(3,4)5)60-59(63)53-51-49-47-45-43-40-19-17-15-13-11-9-7-2/h9,11,15,17,40,43,57-58,62H,6-8,10,12-14,16,18-39,41-42,44-56H2,1-5H3,(H-,60,63,64,65)/p+1/b11-9-,17-15-,43-40-. The van der Waals surface area contributed by atoms with Crippen LogP contribution in [0.5, 0.6) is 0 Å². The molecule has 0 fully saturated rings. The highest BCUT2D eigenvalue weighted by atomic mass is 31.2. The summed E-state index contributed by atoms with van der Waals surface area (Å²) in [6.45, 7) is 4.77. The van der Waals surface area contributed by atoms with E-state index in [1.807, 2.05) is 21.1 Å². The molecule has 0 bridgehead atoms. The van der Waals surface area contributed by atoms with Crippen LogP contribution in [0.15, 0.2) is 36.5 Å². The zero-order valence-corrected chi connectivity index (χ0v) is 46.8. The predicted octanol–water partition coefficient (Wildman–Crippen LogP) is 17.8. The van der Waals surface area contributed by atoms with Crippen LogP contribution in [0.1, 0.15) is 284 Å². The lowest BCUT2D eigenvalue weighted by atomic mass is 10.0. The number of aliphatic hydroxyl groups excluding tert-OH is 1. The largest absolute Gasteiger partial charge is 0.472 e. The first-order chi connectivity index (χ1) is 33.0. The summed E-state index contributed by atoms with van der Waals surface area (Å²) in [5, 5.41) is 14.0.